The van der Waals surface area contributed by atoms with E-state index in [1.165, 1.54) is 7.11 Å². The molecule has 0 saturated heterocycles. The molecule has 1 heterocycles. The van der Waals surface area contributed by atoms with Gasteiger partial charge >= 0.3 is 5.97 Å². The summed E-state index contributed by atoms with van der Waals surface area (Å²) in [6.45, 7) is 6.46. The van der Waals surface area contributed by atoms with Gasteiger partial charge in [-0.2, -0.15) is 0 Å². The lowest BCUT2D eigenvalue weighted by Gasteiger charge is -2.31. The summed E-state index contributed by atoms with van der Waals surface area (Å²) in [5, 5.41) is 12.3. The third-order valence-electron chi connectivity index (χ3n) is 6.96. The van der Waals surface area contributed by atoms with Gasteiger partial charge in [0, 0.05) is 40.5 Å². The highest BCUT2D eigenvalue weighted by atomic mass is 35.5. The second kappa shape index (κ2) is 13.5. The zero-order chi connectivity index (χ0) is 31.3. The Kier molecular flexibility index (Phi) is 9.98. The van der Waals surface area contributed by atoms with Crippen molar-refractivity contribution in [2.45, 2.75) is 52.2 Å². The molecular formula is C33H37ClN2O7. The number of nitrogens with zero attached hydrogens (tertiary/aromatic N) is 1. The number of nitrogens with one attached hydrogen (secondary N) is 1. The number of carboxylic acids is 1. The topological polar surface area (TPSA) is 114 Å². The third kappa shape index (κ3) is 7.86. The molecule has 10 heteroatoms. The molecule has 2 amide bonds. The third-order valence-corrected chi connectivity index (χ3v) is 7.20. The van der Waals surface area contributed by atoms with Gasteiger partial charge in [-0.05, 0) is 53.8 Å². The second-order valence-electron chi connectivity index (χ2n) is 11.6. The summed E-state index contributed by atoms with van der Waals surface area (Å²) in [6, 6.07) is 17.7. The first-order chi connectivity index (χ1) is 20.4. The fourth-order valence-electron chi connectivity index (χ4n) is 5.14. The van der Waals surface area contributed by atoms with Crippen LogP contribution >= 0.6 is 11.6 Å². The van der Waals surface area contributed by atoms with E-state index in [9.17, 15) is 14.4 Å². The molecule has 3 aromatic carbocycles. The van der Waals surface area contributed by atoms with Crippen LogP contribution in [0.4, 0.5) is 11.4 Å². The quantitative estimate of drug-likeness (QED) is 0.279. The zero-order valence-corrected chi connectivity index (χ0v) is 25.7. The van der Waals surface area contributed by atoms with E-state index in [4.69, 9.17) is 30.9 Å². The number of fused-ring (bicyclic) bond motifs is 1. The van der Waals surface area contributed by atoms with Gasteiger partial charge in [-0.3, -0.25) is 14.4 Å². The highest BCUT2D eigenvalue weighted by Gasteiger charge is 2.40. The van der Waals surface area contributed by atoms with Crippen molar-refractivity contribution >= 4 is 40.8 Å². The predicted molar refractivity (Wildman–Crippen MR) is 165 cm³/mol. The van der Waals surface area contributed by atoms with Crippen LogP contribution in [-0.2, 0) is 25.5 Å². The van der Waals surface area contributed by atoms with Gasteiger partial charge in [-0.15, -0.1) is 0 Å². The average Bonchev–Trinajstić information content (AvgIpc) is 3.05. The molecule has 0 fully saturated rings. The van der Waals surface area contributed by atoms with Crippen molar-refractivity contribution in [1.29, 1.82) is 0 Å². The van der Waals surface area contributed by atoms with Crippen LogP contribution in [-0.4, -0.2) is 49.8 Å². The largest absolute Gasteiger partial charge is 0.493 e. The number of aryl methyl sites for hydroxylation is 1. The molecule has 2 N–H and O–H groups in total. The Hall–Kier alpha value is -4.08. The van der Waals surface area contributed by atoms with Gasteiger partial charge in [0.05, 0.1) is 20.6 Å². The van der Waals surface area contributed by atoms with E-state index in [0.29, 0.717) is 52.0 Å². The molecule has 0 radical (unpaired) electrons. The maximum Gasteiger partial charge on any atom is 0.303 e. The molecule has 3 aromatic rings. The Labute approximate surface area is 256 Å². The molecule has 1 aliphatic heterocycles. The molecule has 0 aliphatic carbocycles. The number of benzene rings is 3. The number of methoxy groups -OCH3 is 2. The lowest BCUT2D eigenvalue weighted by Crippen LogP contribution is -2.44. The average molecular weight is 609 g/mol. The smallest absolute Gasteiger partial charge is 0.303 e. The molecule has 0 spiro atoms. The number of carbonyl (C=O) groups is 3. The molecule has 9 nitrogen and oxygen atoms in total. The molecule has 4 rings (SSSR count). The van der Waals surface area contributed by atoms with Crippen LogP contribution < -0.4 is 19.7 Å². The highest BCUT2D eigenvalue weighted by Crippen LogP contribution is 2.45. The molecule has 1 aliphatic rings. The number of carboxylic acid groups (broad SMARTS) is 1. The van der Waals surface area contributed by atoms with Crippen molar-refractivity contribution in [2.75, 3.05) is 31.0 Å². The van der Waals surface area contributed by atoms with Gasteiger partial charge in [0.15, 0.2) is 11.5 Å². The van der Waals surface area contributed by atoms with Gasteiger partial charge in [0.1, 0.15) is 12.2 Å². The summed E-state index contributed by atoms with van der Waals surface area (Å²) in [5.74, 6) is -0.744. The van der Waals surface area contributed by atoms with Crippen LogP contribution in [0.2, 0.25) is 5.02 Å². The highest BCUT2D eigenvalue weighted by molar-refractivity contribution is 6.30. The monoisotopic (exact) mass is 608 g/mol. The van der Waals surface area contributed by atoms with Crippen molar-refractivity contribution in [3.05, 3.63) is 82.4 Å². The summed E-state index contributed by atoms with van der Waals surface area (Å²) >= 11 is 6.48. The summed E-state index contributed by atoms with van der Waals surface area (Å²) in [6.07, 6.45) is -1.92. The second-order valence-corrected chi connectivity index (χ2v) is 12.1. The minimum absolute atomic E-state index is 0.0227. The molecular weight excluding hydrogens is 572 g/mol. The van der Waals surface area contributed by atoms with Gasteiger partial charge in [-0.25, -0.2) is 0 Å². The number of hydrogen-bond donors (Lipinski definition) is 2. The summed E-state index contributed by atoms with van der Waals surface area (Å²) < 4.78 is 17.8. The van der Waals surface area contributed by atoms with E-state index in [1.54, 1.807) is 60.5 Å². The van der Waals surface area contributed by atoms with Crippen molar-refractivity contribution < 1.29 is 33.7 Å². The minimum atomic E-state index is -1.15. The van der Waals surface area contributed by atoms with Crippen molar-refractivity contribution in [2.24, 2.45) is 5.41 Å². The molecule has 43 heavy (non-hydrogen) atoms. The normalized spacial score (nSPS) is 16.7. The number of amides is 2. The lowest BCUT2D eigenvalue weighted by atomic mass is 9.94. The first kappa shape index (κ1) is 31.8. The maximum absolute atomic E-state index is 14.2. The molecule has 0 bridgehead atoms. The Morgan fingerprint density at radius 2 is 1.77 bits per heavy atom. The summed E-state index contributed by atoms with van der Waals surface area (Å²) in [4.78, 5) is 40.2. The number of carbonyl (C=O) groups excluding carboxylic acids is 2. The van der Waals surface area contributed by atoms with E-state index >= 15 is 0 Å². The van der Waals surface area contributed by atoms with Crippen LogP contribution in [0.3, 0.4) is 0 Å². The van der Waals surface area contributed by atoms with Crippen molar-refractivity contribution in [3.63, 3.8) is 0 Å². The standard InChI is InChI=1S/C33H37ClN2O7/c1-33(2,3)19-36-25-14-13-21(34)17-24(25)30(23-10-7-11-26(41-4)31(23)42-5)43-27(32(36)40)18-28(37)35-22-9-6-8-20(16-22)12-15-29(38)39/h6-11,13-14,16-17,27,30H,12,15,18-19H2,1-5H3,(H,35,37)(H,38,39)/t27-,30-/m1/s1. The Bertz CT molecular complexity index is 1500. The number of hydrogen-bond acceptors (Lipinski definition) is 6. The number of aliphatic carboxylic acids is 1. The fraction of sp³-hybridized carbons (Fsp3) is 0.364. The van der Waals surface area contributed by atoms with Gasteiger partial charge in [0.25, 0.3) is 5.91 Å². The van der Waals surface area contributed by atoms with Crippen molar-refractivity contribution in [3.8, 4) is 11.5 Å². The number of para-hydroxylation sites is 1. The number of ether oxygens (including phenoxy) is 3. The van der Waals surface area contributed by atoms with Crippen LogP contribution in [0.25, 0.3) is 0 Å². The number of halogens is 1. The van der Waals surface area contributed by atoms with Gasteiger partial charge < -0.3 is 29.5 Å². The molecule has 0 unspecified atom stereocenters. The zero-order valence-electron chi connectivity index (χ0n) is 25.0. The van der Waals surface area contributed by atoms with E-state index in [1.807, 2.05) is 32.9 Å². The fourth-order valence-corrected chi connectivity index (χ4v) is 5.32. The van der Waals surface area contributed by atoms with Crippen molar-refractivity contribution in [1.82, 2.24) is 0 Å². The first-order valence-electron chi connectivity index (χ1n) is 14.0. The molecule has 0 aromatic heterocycles. The summed E-state index contributed by atoms with van der Waals surface area (Å²) in [7, 11) is 3.07. The van der Waals surface area contributed by atoms with Crippen LogP contribution in [0.5, 0.6) is 11.5 Å². The van der Waals surface area contributed by atoms with E-state index in [-0.39, 0.29) is 24.2 Å². The first-order valence-corrected chi connectivity index (χ1v) is 14.4. The van der Waals surface area contributed by atoms with E-state index in [2.05, 4.69) is 5.32 Å². The molecule has 0 saturated carbocycles. The maximum atomic E-state index is 14.2. The van der Waals surface area contributed by atoms with E-state index in [0.717, 1.165) is 5.56 Å². The van der Waals surface area contributed by atoms with Gasteiger partial charge in [0.2, 0.25) is 5.91 Å². The predicted octanol–water partition coefficient (Wildman–Crippen LogP) is 6.27. The SMILES string of the molecule is COc1cccc([C@H]2O[C@H](CC(=O)Nc3cccc(CCC(=O)O)c3)C(=O)N(CC(C)(C)C)c3ccc(Cl)cc32)c1OC. The minimum Gasteiger partial charge on any atom is -0.493 e. The lowest BCUT2D eigenvalue weighted by molar-refractivity contribution is -0.137. The Balaban J connectivity index is 1.74. The van der Waals surface area contributed by atoms with Crippen LogP contribution in [0.15, 0.2) is 60.7 Å². The summed E-state index contributed by atoms with van der Waals surface area (Å²) in [5.41, 5.74) is 2.91. The van der Waals surface area contributed by atoms with E-state index < -0.39 is 24.1 Å². The Morgan fingerprint density at radius 3 is 2.44 bits per heavy atom. The number of rotatable bonds is 10. The van der Waals surface area contributed by atoms with Crippen LogP contribution in [0, 0.1) is 5.41 Å². The Morgan fingerprint density at radius 1 is 1.02 bits per heavy atom. The van der Waals surface area contributed by atoms with Gasteiger partial charge in [-0.1, -0.05) is 56.6 Å². The molecule has 2 atom stereocenters. The number of anilines is 2. The van der Waals surface area contributed by atoms with Crippen LogP contribution in [0.1, 0.15) is 56.4 Å². The molecule has 228 valence electrons.